The first-order valence-electron chi connectivity index (χ1n) is 30.8. The highest BCUT2D eigenvalue weighted by Gasteiger charge is 2.48. The average Bonchev–Trinajstić information content (AvgIpc) is 0.774. The maximum atomic E-state index is 7.45. The molecular formula is C84H51BN2O2S. The highest BCUT2D eigenvalue weighted by molar-refractivity contribution is 7.26. The summed E-state index contributed by atoms with van der Waals surface area (Å²) in [4.78, 5) is 5.26. The third-order valence-electron chi connectivity index (χ3n) is 18.8. The fraction of sp³-hybridized carbons (Fsp3) is 0. The second-order valence-electron chi connectivity index (χ2n) is 23.7. The smallest absolute Gasteiger partial charge is 0.252 e. The summed E-state index contributed by atoms with van der Waals surface area (Å²) in [6.07, 6.45) is 0. The quantitative estimate of drug-likeness (QED) is 0.142. The largest absolute Gasteiger partial charge is 0.454 e. The Bertz CT molecular complexity index is 5670. The van der Waals surface area contributed by atoms with Gasteiger partial charge in [-0.1, -0.05) is 261 Å². The van der Waals surface area contributed by atoms with Crippen molar-refractivity contribution in [3.8, 4) is 66.8 Å². The van der Waals surface area contributed by atoms with Crippen molar-refractivity contribution in [3.05, 3.63) is 309 Å². The molecule has 0 fully saturated rings. The molecule has 0 radical (unpaired) electrons. The van der Waals surface area contributed by atoms with Crippen molar-refractivity contribution in [3.63, 3.8) is 0 Å². The van der Waals surface area contributed by atoms with Crippen LogP contribution in [0.3, 0.4) is 0 Å². The van der Waals surface area contributed by atoms with Gasteiger partial charge in [0.25, 0.3) is 6.71 Å². The Labute approximate surface area is 524 Å². The van der Waals surface area contributed by atoms with Crippen LogP contribution >= 0.6 is 11.3 Å². The summed E-state index contributed by atoms with van der Waals surface area (Å²) in [7, 11) is 0. The van der Waals surface area contributed by atoms with Gasteiger partial charge in [0.15, 0.2) is 11.2 Å². The predicted octanol–water partition coefficient (Wildman–Crippen LogP) is 21.9. The van der Waals surface area contributed by atoms with E-state index in [-0.39, 0.29) is 6.71 Å². The van der Waals surface area contributed by atoms with Gasteiger partial charge < -0.3 is 18.6 Å². The molecule has 0 amide bonds. The molecule has 0 spiro atoms. The minimum absolute atomic E-state index is 0.313. The number of fused-ring (bicyclic) bond motifs is 14. The molecule has 19 rings (SSSR count). The fourth-order valence-electron chi connectivity index (χ4n) is 14.9. The Kier molecular flexibility index (Phi) is 11.3. The standard InChI is InChI=1S/C84H51BN2O2S/c1-7-25-52(26-8-1)58-43-45-63-60-37-19-22-40-75(60)88-82(63)79(58)86-72-49-67(56-33-15-5-16-34-56)65(54-29-11-3-12-30-54)47-70(72)85-71-48-66(55-31-13-4-14-32-55)68(57-35-17-6-18-36-57)50-73(71)87(81-78(85)74(86)51-69-62-39-21-24-42-77(62)90-84(69)81)80-59(53-27-9-2-10-28-53)44-46-64-61-38-20-23-41-76(61)89-83(64)80/h1-51H. The minimum Gasteiger partial charge on any atom is -0.454 e. The lowest BCUT2D eigenvalue weighted by molar-refractivity contribution is 0.669. The van der Waals surface area contributed by atoms with E-state index in [9.17, 15) is 0 Å². The monoisotopic (exact) mass is 1160 g/mol. The van der Waals surface area contributed by atoms with Crippen LogP contribution in [0.2, 0.25) is 0 Å². The van der Waals surface area contributed by atoms with Gasteiger partial charge in [-0.05, 0) is 121 Å². The van der Waals surface area contributed by atoms with Gasteiger partial charge in [0, 0.05) is 65.2 Å². The molecule has 2 aliphatic heterocycles. The summed E-state index contributed by atoms with van der Waals surface area (Å²) < 4.78 is 17.3. The second-order valence-corrected chi connectivity index (χ2v) is 24.8. The molecule has 0 atom stereocenters. The fourth-order valence-corrected chi connectivity index (χ4v) is 16.1. The topological polar surface area (TPSA) is 32.8 Å². The van der Waals surface area contributed by atoms with E-state index < -0.39 is 0 Å². The minimum atomic E-state index is -0.313. The Morgan fingerprint density at radius 1 is 0.267 bits per heavy atom. The lowest BCUT2D eigenvalue weighted by atomic mass is 9.33. The van der Waals surface area contributed by atoms with Crippen molar-refractivity contribution < 1.29 is 8.83 Å². The third-order valence-corrected chi connectivity index (χ3v) is 20.0. The summed E-state index contributed by atoms with van der Waals surface area (Å²) in [6, 6.07) is 114. The van der Waals surface area contributed by atoms with Crippen molar-refractivity contribution in [1.29, 1.82) is 0 Å². The number of furan rings is 2. The van der Waals surface area contributed by atoms with Crippen molar-refractivity contribution in [2.45, 2.75) is 0 Å². The number of anilines is 6. The van der Waals surface area contributed by atoms with E-state index in [0.717, 1.165) is 145 Å². The summed E-state index contributed by atoms with van der Waals surface area (Å²) in [5.74, 6) is 0. The van der Waals surface area contributed by atoms with E-state index in [1.807, 2.05) is 11.3 Å². The summed E-state index contributed by atoms with van der Waals surface area (Å²) in [6.45, 7) is -0.313. The molecule has 17 aromatic rings. The van der Waals surface area contributed by atoms with Gasteiger partial charge >= 0.3 is 0 Å². The van der Waals surface area contributed by atoms with Crippen LogP contribution < -0.4 is 26.2 Å². The first kappa shape index (κ1) is 50.7. The molecule has 5 heterocycles. The Hall–Kier alpha value is -11.4. The Morgan fingerprint density at radius 3 is 1.09 bits per heavy atom. The van der Waals surface area contributed by atoms with Crippen molar-refractivity contribution in [1.82, 2.24) is 0 Å². The average molecular weight is 1160 g/mol. The lowest BCUT2D eigenvalue weighted by Gasteiger charge is -2.45. The molecule has 0 saturated carbocycles. The van der Waals surface area contributed by atoms with Crippen LogP contribution in [-0.4, -0.2) is 6.71 Å². The highest BCUT2D eigenvalue weighted by Crippen LogP contribution is 2.58. The zero-order chi connectivity index (χ0) is 59.0. The van der Waals surface area contributed by atoms with Gasteiger partial charge in [0.05, 0.1) is 21.8 Å². The van der Waals surface area contributed by atoms with Gasteiger partial charge in [0.1, 0.15) is 11.2 Å². The molecule has 418 valence electrons. The number of rotatable bonds is 8. The normalized spacial score (nSPS) is 12.6. The van der Waals surface area contributed by atoms with Crippen molar-refractivity contribution in [2.75, 3.05) is 9.80 Å². The van der Waals surface area contributed by atoms with E-state index in [0.29, 0.717) is 0 Å². The molecule has 0 saturated heterocycles. The van der Waals surface area contributed by atoms with Crippen LogP contribution in [0, 0.1) is 0 Å². The summed E-state index contributed by atoms with van der Waals surface area (Å²) in [5.41, 5.74) is 26.7. The number of para-hydroxylation sites is 2. The highest BCUT2D eigenvalue weighted by atomic mass is 32.1. The third kappa shape index (κ3) is 7.62. The van der Waals surface area contributed by atoms with Crippen LogP contribution in [0.5, 0.6) is 0 Å². The number of benzene rings is 14. The first-order valence-corrected chi connectivity index (χ1v) is 31.7. The van der Waals surface area contributed by atoms with Gasteiger partial charge in [-0.3, -0.25) is 0 Å². The zero-order valence-electron chi connectivity index (χ0n) is 48.6. The number of thiophene rings is 1. The van der Waals surface area contributed by atoms with Crippen molar-refractivity contribution >= 4 is 133 Å². The maximum Gasteiger partial charge on any atom is 0.252 e. The van der Waals surface area contributed by atoms with Crippen LogP contribution in [-0.2, 0) is 0 Å². The van der Waals surface area contributed by atoms with Crippen LogP contribution in [0.4, 0.5) is 34.1 Å². The molecule has 4 nitrogen and oxygen atoms in total. The summed E-state index contributed by atoms with van der Waals surface area (Å²) in [5, 5.41) is 6.64. The Morgan fingerprint density at radius 2 is 0.633 bits per heavy atom. The first-order chi connectivity index (χ1) is 44.7. The molecule has 0 bridgehead atoms. The van der Waals surface area contributed by atoms with Gasteiger partial charge in [-0.15, -0.1) is 11.3 Å². The molecule has 6 heteroatoms. The SMILES string of the molecule is c1ccc(-c2cc3c(cc2-c2ccccc2)N(c2c(-c4ccccc4)ccc4c2oc2ccccc24)c2cc4c(sc5ccccc54)c4c2B3c2cc(-c3ccccc3)c(-c3ccccc3)cc2N4c2c(-c3ccccc3)ccc3c2oc2ccccc23)cc1. The molecular weight excluding hydrogens is 1110 g/mol. The van der Waals surface area contributed by atoms with E-state index in [1.54, 1.807) is 0 Å². The van der Waals surface area contributed by atoms with E-state index in [4.69, 9.17) is 8.83 Å². The molecule has 3 aromatic heterocycles. The van der Waals surface area contributed by atoms with E-state index >= 15 is 0 Å². The molecule has 2 aliphatic rings. The van der Waals surface area contributed by atoms with Gasteiger partial charge in [0.2, 0.25) is 0 Å². The van der Waals surface area contributed by atoms with E-state index in [2.05, 4.69) is 319 Å². The maximum absolute atomic E-state index is 7.45. The van der Waals surface area contributed by atoms with Crippen LogP contribution in [0.15, 0.2) is 318 Å². The van der Waals surface area contributed by atoms with Gasteiger partial charge in [-0.25, -0.2) is 0 Å². The van der Waals surface area contributed by atoms with Crippen LogP contribution in [0.1, 0.15) is 0 Å². The van der Waals surface area contributed by atoms with E-state index in [1.165, 1.54) is 36.6 Å². The molecule has 90 heavy (non-hydrogen) atoms. The molecule has 0 N–H and O–H groups in total. The zero-order valence-corrected chi connectivity index (χ0v) is 49.5. The van der Waals surface area contributed by atoms with Gasteiger partial charge in [-0.2, -0.15) is 0 Å². The summed E-state index contributed by atoms with van der Waals surface area (Å²) >= 11 is 1.88. The molecule has 0 aliphatic carbocycles. The number of hydrogen-bond donors (Lipinski definition) is 0. The van der Waals surface area contributed by atoms with Crippen molar-refractivity contribution in [2.24, 2.45) is 0 Å². The predicted molar refractivity (Wildman–Crippen MR) is 381 cm³/mol. The molecule has 14 aromatic carbocycles. The second kappa shape index (κ2) is 20.1. The number of nitrogens with zero attached hydrogens (tertiary/aromatic N) is 2. The Balaban J connectivity index is 1.06. The van der Waals surface area contributed by atoms with Crippen LogP contribution in [0.25, 0.3) is 131 Å². The lowest BCUT2D eigenvalue weighted by Crippen LogP contribution is -2.61. The number of hydrogen-bond acceptors (Lipinski definition) is 5. The molecule has 0 unspecified atom stereocenters.